The molecular weight excluding hydrogens is 723 g/mol. The molecule has 0 radical (unpaired) electrons. The third-order valence-corrected chi connectivity index (χ3v) is 11.9. The number of benzene rings is 1. The summed E-state index contributed by atoms with van der Waals surface area (Å²) in [5.41, 5.74) is 4.61. The maximum absolute atomic E-state index is 14.4. The van der Waals surface area contributed by atoms with E-state index in [0.29, 0.717) is 69.3 Å². The molecule has 2 aromatic heterocycles. The number of piperazine rings is 1. The van der Waals surface area contributed by atoms with Crippen LogP contribution < -0.4 is 16.2 Å². The number of likely N-dealkylation sites (tertiary alicyclic amines) is 2. The van der Waals surface area contributed by atoms with Crippen LogP contribution in [0.1, 0.15) is 85.7 Å². The van der Waals surface area contributed by atoms with Gasteiger partial charge in [0.25, 0.3) is 5.56 Å². The highest BCUT2D eigenvalue weighted by atomic mass is 16.6. The van der Waals surface area contributed by atoms with E-state index in [1.807, 2.05) is 36.2 Å². The van der Waals surface area contributed by atoms with Crippen molar-refractivity contribution in [1.29, 1.82) is 0 Å². The van der Waals surface area contributed by atoms with Gasteiger partial charge >= 0.3 is 12.1 Å². The SMILES string of the molecule is C=Cc1cc(C2CCN(C(=O)NC(Cc3cc(C)c4nn(COC(=O)NCCCCC)cc4c3)C(=O)N3CCN(C4CCN(C)CC4)CC3)CC2)c(=O)[nH]c1C=C. The zero-order valence-electron chi connectivity index (χ0n) is 34.1. The third kappa shape index (κ3) is 10.5. The predicted octanol–water partition coefficient (Wildman–Crippen LogP) is 4.93. The Morgan fingerprint density at radius 3 is 2.39 bits per heavy atom. The van der Waals surface area contributed by atoms with E-state index in [2.05, 4.69) is 57.6 Å². The maximum atomic E-state index is 14.4. The van der Waals surface area contributed by atoms with E-state index >= 15 is 0 Å². The molecule has 5 heterocycles. The lowest BCUT2D eigenvalue weighted by Crippen LogP contribution is -2.59. The smallest absolute Gasteiger partial charge is 0.408 e. The fourth-order valence-electron chi connectivity index (χ4n) is 8.54. The van der Waals surface area contributed by atoms with Gasteiger partial charge in [-0.1, -0.05) is 45.1 Å². The number of aromatic nitrogens is 3. The Hall–Kier alpha value is -4.95. The van der Waals surface area contributed by atoms with Crippen molar-refractivity contribution in [2.24, 2.45) is 0 Å². The second kappa shape index (κ2) is 19.5. The largest absolute Gasteiger partial charge is 0.426 e. The van der Waals surface area contributed by atoms with Crippen LogP contribution in [0.5, 0.6) is 0 Å². The Kier molecular flexibility index (Phi) is 14.2. The number of rotatable bonds is 14. The van der Waals surface area contributed by atoms with Crippen LogP contribution in [-0.2, 0) is 22.7 Å². The van der Waals surface area contributed by atoms with Crippen LogP contribution in [0, 0.1) is 6.92 Å². The summed E-state index contributed by atoms with van der Waals surface area (Å²) in [5, 5.41) is 11.4. The van der Waals surface area contributed by atoms with Crippen LogP contribution in [0.4, 0.5) is 9.59 Å². The molecule has 14 nitrogen and oxygen atoms in total. The number of ether oxygens (including phenoxy) is 1. The minimum absolute atomic E-state index is 0.00477. The number of hydrogen-bond acceptors (Lipinski definition) is 8. The highest BCUT2D eigenvalue weighted by molar-refractivity contribution is 5.88. The molecule has 308 valence electrons. The van der Waals surface area contributed by atoms with Gasteiger partial charge in [0.1, 0.15) is 6.04 Å². The highest BCUT2D eigenvalue weighted by Crippen LogP contribution is 2.28. The highest BCUT2D eigenvalue weighted by Gasteiger charge is 2.34. The van der Waals surface area contributed by atoms with Gasteiger partial charge in [-0.15, -0.1) is 0 Å². The van der Waals surface area contributed by atoms with E-state index in [0.717, 1.165) is 85.9 Å². The molecule has 4 amide bonds. The van der Waals surface area contributed by atoms with Gasteiger partial charge in [-0.3, -0.25) is 14.5 Å². The maximum Gasteiger partial charge on any atom is 0.408 e. The van der Waals surface area contributed by atoms with Crippen molar-refractivity contribution in [2.75, 3.05) is 66.0 Å². The standard InChI is InChI=1S/C43H61N9O5/c1-6-9-10-15-44-43(56)57-29-52-28-34-25-31(24-30(4)39(34)47-52)26-38(41(54)50-22-20-49(21-23-50)35-13-16-48(5)17-14-35)46-42(55)51-18-11-33(12-19-51)36-27-32(7-2)37(8-3)45-40(36)53/h7-8,24-25,27-28,33,35,38H,2-3,6,9-23,26,29H2,1,4-5H3,(H,44,56)(H,45,53)(H,46,55). The first-order valence-electron chi connectivity index (χ1n) is 20.7. The van der Waals surface area contributed by atoms with E-state index in [1.165, 1.54) is 0 Å². The number of H-pyrrole nitrogens is 1. The van der Waals surface area contributed by atoms with Crippen LogP contribution in [-0.4, -0.2) is 130 Å². The fraction of sp³-hybridized carbons (Fsp3) is 0.558. The first-order chi connectivity index (χ1) is 27.6. The molecule has 1 atom stereocenters. The summed E-state index contributed by atoms with van der Waals surface area (Å²) in [6.45, 7) is 18.3. The van der Waals surface area contributed by atoms with Crippen molar-refractivity contribution < 1.29 is 19.1 Å². The summed E-state index contributed by atoms with van der Waals surface area (Å²) in [6.07, 6.45) is 11.5. The Bertz CT molecular complexity index is 1950. The van der Waals surface area contributed by atoms with Crippen molar-refractivity contribution in [3.05, 3.63) is 75.9 Å². The summed E-state index contributed by atoms with van der Waals surface area (Å²) in [7, 11) is 2.17. The van der Waals surface area contributed by atoms with Crippen molar-refractivity contribution in [3.8, 4) is 0 Å². The molecule has 0 aliphatic carbocycles. The summed E-state index contributed by atoms with van der Waals surface area (Å²) < 4.78 is 7.00. The number of unbranched alkanes of at least 4 members (excludes halogenated alkanes) is 2. The number of amides is 4. The van der Waals surface area contributed by atoms with Gasteiger partial charge in [0.05, 0.1) is 5.52 Å². The van der Waals surface area contributed by atoms with E-state index in [9.17, 15) is 19.2 Å². The second-order valence-corrected chi connectivity index (χ2v) is 15.9. The average Bonchev–Trinajstić information content (AvgIpc) is 3.65. The molecule has 3 aromatic rings. The van der Waals surface area contributed by atoms with Gasteiger partial charge in [-0.25, -0.2) is 14.3 Å². The minimum Gasteiger partial charge on any atom is -0.426 e. The van der Waals surface area contributed by atoms with Gasteiger partial charge in [0.15, 0.2) is 6.73 Å². The van der Waals surface area contributed by atoms with Crippen LogP contribution in [0.15, 0.2) is 42.3 Å². The number of fused-ring (bicyclic) bond motifs is 1. The molecular formula is C43H61N9O5. The zero-order valence-corrected chi connectivity index (χ0v) is 34.1. The number of piperidine rings is 2. The van der Waals surface area contributed by atoms with Crippen molar-refractivity contribution in [1.82, 2.24) is 45.0 Å². The number of nitrogens with one attached hydrogen (secondary N) is 3. The van der Waals surface area contributed by atoms with Gasteiger partial charge in [0.2, 0.25) is 5.91 Å². The number of carbonyl (C=O) groups excluding carboxylic acids is 3. The molecule has 3 fully saturated rings. The number of hydrogen-bond donors (Lipinski definition) is 3. The van der Waals surface area contributed by atoms with Gasteiger partial charge in [-0.2, -0.15) is 5.10 Å². The van der Waals surface area contributed by atoms with Gasteiger partial charge < -0.3 is 35.1 Å². The van der Waals surface area contributed by atoms with E-state index in [1.54, 1.807) is 21.7 Å². The van der Waals surface area contributed by atoms with Crippen LogP contribution >= 0.6 is 0 Å². The van der Waals surface area contributed by atoms with Crippen molar-refractivity contribution in [3.63, 3.8) is 0 Å². The summed E-state index contributed by atoms with van der Waals surface area (Å²) in [5.74, 6) is -0.0892. The lowest BCUT2D eigenvalue weighted by Gasteiger charge is -2.43. The number of alkyl carbamates (subject to hydrolysis) is 1. The summed E-state index contributed by atoms with van der Waals surface area (Å²) >= 11 is 0. The molecule has 3 N–H and O–H groups in total. The number of pyridine rings is 1. The Balaban J connectivity index is 1.14. The number of urea groups is 1. The number of aromatic amines is 1. The molecule has 1 aromatic carbocycles. The molecule has 3 saturated heterocycles. The molecule has 1 unspecified atom stereocenters. The van der Waals surface area contributed by atoms with Crippen LogP contribution in [0.3, 0.4) is 0 Å². The van der Waals surface area contributed by atoms with Gasteiger partial charge in [0, 0.05) is 81.1 Å². The lowest BCUT2D eigenvalue weighted by molar-refractivity contribution is -0.135. The van der Waals surface area contributed by atoms with Crippen LogP contribution in [0.25, 0.3) is 23.1 Å². The van der Waals surface area contributed by atoms with E-state index in [4.69, 9.17) is 4.74 Å². The van der Waals surface area contributed by atoms with E-state index < -0.39 is 12.1 Å². The van der Waals surface area contributed by atoms with E-state index in [-0.39, 0.29) is 30.1 Å². The molecule has 6 rings (SSSR count). The molecule has 3 aliphatic rings. The minimum atomic E-state index is -0.777. The third-order valence-electron chi connectivity index (χ3n) is 11.9. The summed E-state index contributed by atoms with van der Waals surface area (Å²) in [4.78, 5) is 65.0. The topological polar surface area (TPSA) is 148 Å². The molecule has 3 aliphatic heterocycles. The molecule has 57 heavy (non-hydrogen) atoms. The number of carbonyl (C=O) groups is 3. The molecule has 0 saturated carbocycles. The Morgan fingerprint density at radius 1 is 0.965 bits per heavy atom. The van der Waals surface area contributed by atoms with Crippen molar-refractivity contribution in [2.45, 2.75) is 89.9 Å². The monoisotopic (exact) mass is 783 g/mol. The predicted molar refractivity (Wildman–Crippen MR) is 224 cm³/mol. The molecule has 0 bridgehead atoms. The zero-order chi connectivity index (χ0) is 40.5. The second-order valence-electron chi connectivity index (χ2n) is 15.9. The molecule has 0 spiro atoms. The number of aryl methyl sites for hydroxylation is 1. The lowest BCUT2D eigenvalue weighted by atomic mass is 9.89. The Morgan fingerprint density at radius 2 is 1.70 bits per heavy atom. The van der Waals surface area contributed by atoms with Crippen molar-refractivity contribution >= 4 is 41.1 Å². The summed E-state index contributed by atoms with van der Waals surface area (Å²) in [6, 6.07) is 5.38. The Labute approximate surface area is 336 Å². The number of nitrogens with zero attached hydrogens (tertiary/aromatic N) is 6. The molecule has 14 heteroatoms. The normalized spacial score (nSPS) is 18.0. The first kappa shape index (κ1) is 41.7. The fourth-order valence-corrected chi connectivity index (χ4v) is 8.54. The first-order valence-corrected chi connectivity index (χ1v) is 20.7. The average molecular weight is 784 g/mol. The quantitative estimate of drug-likeness (QED) is 0.195. The van der Waals surface area contributed by atoms with Crippen LogP contribution in [0.2, 0.25) is 0 Å². The van der Waals surface area contributed by atoms with Gasteiger partial charge in [-0.05, 0) is 100.0 Å².